The summed E-state index contributed by atoms with van der Waals surface area (Å²) in [5.41, 5.74) is 0. The van der Waals surface area contributed by atoms with Gasteiger partial charge < -0.3 is 10.1 Å². The van der Waals surface area contributed by atoms with Gasteiger partial charge in [0.1, 0.15) is 0 Å². The van der Waals surface area contributed by atoms with Crippen molar-refractivity contribution in [2.24, 2.45) is 0 Å². The summed E-state index contributed by atoms with van der Waals surface area (Å²) in [7, 11) is 1.60. The number of hydrogen-bond donors (Lipinski definition) is 2. The number of halogens is 5. The Balaban J connectivity index is 2.15. The Morgan fingerprint density at radius 3 is 2.14 bits per heavy atom. The van der Waals surface area contributed by atoms with Crippen molar-refractivity contribution in [3.8, 4) is 0 Å². The molecular weight excluding hydrogens is 393 g/mol. The first-order valence-corrected chi connectivity index (χ1v) is 9.19. The quantitative estimate of drug-likeness (QED) is 0.471. The molecule has 3 heterocycles. The van der Waals surface area contributed by atoms with Gasteiger partial charge in [-0.3, -0.25) is 24.8 Å². The van der Waals surface area contributed by atoms with Gasteiger partial charge in [0.25, 0.3) is 5.91 Å². The summed E-state index contributed by atoms with van der Waals surface area (Å²) in [6, 6.07) is 0. The van der Waals surface area contributed by atoms with Gasteiger partial charge in [-0.1, -0.05) is 0 Å². The molecule has 3 rings (SSSR count). The number of ether oxygens (including phenoxy) is 3. The van der Waals surface area contributed by atoms with Gasteiger partial charge in [-0.05, 0) is 7.05 Å². The number of nitrogens with one attached hydrogen (secondary N) is 2. The van der Waals surface area contributed by atoms with Crippen molar-refractivity contribution in [2.75, 3.05) is 72.6 Å². The molecule has 3 aliphatic rings. The first-order chi connectivity index (χ1) is 13.2. The topological polar surface area (TPSA) is 61.5 Å². The van der Waals surface area contributed by atoms with Crippen LogP contribution in [0.3, 0.4) is 0 Å². The van der Waals surface area contributed by atoms with Crippen LogP contribution in [0.15, 0.2) is 0 Å². The van der Waals surface area contributed by atoms with Crippen LogP contribution < -0.4 is 10.6 Å². The predicted octanol–water partition coefficient (Wildman–Crippen LogP) is -0.158. The summed E-state index contributed by atoms with van der Waals surface area (Å²) in [6.45, 7) is -0.516. The fourth-order valence-corrected chi connectivity index (χ4v) is 4.40. The molecule has 0 aromatic heterocycles. The van der Waals surface area contributed by atoms with Crippen LogP contribution >= 0.6 is 0 Å². The molecule has 0 saturated carbocycles. The van der Waals surface area contributed by atoms with Gasteiger partial charge in [0.15, 0.2) is 0 Å². The van der Waals surface area contributed by atoms with E-state index < -0.39 is 24.7 Å². The fourth-order valence-electron chi connectivity index (χ4n) is 4.40. The van der Waals surface area contributed by atoms with Crippen LogP contribution in [0.5, 0.6) is 0 Å². The van der Waals surface area contributed by atoms with Crippen LogP contribution in [0, 0.1) is 0 Å². The lowest BCUT2D eigenvalue weighted by molar-refractivity contribution is -0.504. The van der Waals surface area contributed by atoms with Gasteiger partial charge in [0, 0.05) is 52.4 Å². The standard InChI is InChI=1S/C15H26F5N5O3/c1-23-5-4-22-13(27-12(16)17,28-15(18,19)20)14(23,24-6-2-21-3-7-24)25-8-10-26-11-9-25/h12,21-22H,2-11H2,1H3. The zero-order chi connectivity index (χ0) is 20.4. The Kier molecular flexibility index (Phi) is 6.76. The minimum Gasteiger partial charge on any atom is -0.379 e. The second kappa shape index (κ2) is 8.60. The fraction of sp³-hybridized carbons (Fsp3) is 1.00. The van der Waals surface area contributed by atoms with Crippen LogP contribution in [0.25, 0.3) is 0 Å². The van der Waals surface area contributed by atoms with Gasteiger partial charge in [-0.25, -0.2) is 4.74 Å². The molecule has 2 N–H and O–H groups in total. The summed E-state index contributed by atoms with van der Waals surface area (Å²) in [5.74, 6) is -4.59. The Morgan fingerprint density at radius 2 is 1.57 bits per heavy atom. The van der Waals surface area contributed by atoms with Gasteiger partial charge in [0.2, 0.25) is 5.79 Å². The van der Waals surface area contributed by atoms with Crippen molar-refractivity contribution in [2.45, 2.75) is 24.7 Å². The van der Waals surface area contributed by atoms with Gasteiger partial charge in [-0.2, -0.15) is 8.78 Å². The molecule has 8 nitrogen and oxygen atoms in total. The second-order valence-electron chi connectivity index (χ2n) is 6.86. The van der Waals surface area contributed by atoms with E-state index in [-0.39, 0.29) is 32.8 Å². The second-order valence-corrected chi connectivity index (χ2v) is 6.86. The molecule has 3 saturated heterocycles. The normalized spacial score (nSPS) is 34.8. The molecule has 0 aromatic rings. The minimum atomic E-state index is -5.20. The highest BCUT2D eigenvalue weighted by Crippen LogP contribution is 2.44. The van der Waals surface area contributed by atoms with Crippen LogP contribution in [0.1, 0.15) is 0 Å². The lowest BCUT2D eigenvalue weighted by Gasteiger charge is -2.65. The molecule has 0 bridgehead atoms. The third kappa shape index (κ3) is 4.12. The molecule has 13 heteroatoms. The van der Waals surface area contributed by atoms with E-state index in [0.717, 1.165) is 0 Å². The number of nitrogens with zero attached hydrogens (tertiary/aromatic N) is 3. The number of piperazine rings is 2. The Morgan fingerprint density at radius 1 is 0.964 bits per heavy atom. The highest BCUT2D eigenvalue weighted by atomic mass is 19.4. The number of morpholine rings is 1. The highest BCUT2D eigenvalue weighted by Gasteiger charge is 2.69. The molecule has 164 valence electrons. The SMILES string of the molecule is CN1CCNC(OC(F)F)(OC(F)(F)F)C1(N1CCNCC1)N1CCOCC1. The van der Waals surface area contributed by atoms with Crippen LogP contribution in [0.2, 0.25) is 0 Å². The van der Waals surface area contributed by atoms with Gasteiger partial charge >= 0.3 is 13.0 Å². The molecule has 0 radical (unpaired) electrons. The Labute approximate surface area is 159 Å². The molecule has 2 unspecified atom stereocenters. The van der Waals surface area contributed by atoms with E-state index in [4.69, 9.17) is 4.74 Å². The molecule has 0 aromatic carbocycles. The third-order valence-electron chi connectivity index (χ3n) is 5.30. The smallest absolute Gasteiger partial charge is 0.379 e. The largest absolute Gasteiger partial charge is 0.526 e. The van der Waals surface area contributed by atoms with Gasteiger partial charge in [0.05, 0.1) is 13.2 Å². The van der Waals surface area contributed by atoms with Crippen molar-refractivity contribution >= 4 is 0 Å². The van der Waals surface area contributed by atoms with E-state index in [2.05, 4.69) is 20.1 Å². The summed E-state index contributed by atoms with van der Waals surface area (Å²) in [4.78, 5) is 5.01. The highest BCUT2D eigenvalue weighted by molar-refractivity contribution is 5.05. The summed E-state index contributed by atoms with van der Waals surface area (Å²) >= 11 is 0. The van der Waals surface area contributed by atoms with E-state index in [1.807, 2.05) is 0 Å². The van der Waals surface area contributed by atoms with E-state index in [9.17, 15) is 22.0 Å². The number of likely N-dealkylation sites (N-methyl/N-ethyl adjacent to an activating group) is 1. The van der Waals surface area contributed by atoms with Crippen molar-refractivity contribution in [1.82, 2.24) is 25.3 Å². The lowest BCUT2D eigenvalue weighted by atomic mass is 10.0. The summed E-state index contributed by atoms with van der Waals surface area (Å²) in [5, 5.41) is 5.64. The maximum absolute atomic E-state index is 13.5. The molecule has 0 spiro atoms. The average molecular weight is 419 g/mol. The minimum absolute atomic E-state index is 0.0164. The monoisotopic (exact) mass is 419 g/mol. The maximum atomic E-state index is 13.5. The Bertz CT molecular complexity index is 499. The first kappa shape index (κ1) is 22.0. The molecular formula is C15H26F5N5O3. The van der Waals surface area contributed by atoms with Gasteiger partial charge in [-0.15, -0.1) is 13.2 Å². The predicted molar refractivity (Wildman–Crippen MR) is 87.2 cm³/mol. The van der Waals surface area contributed by atoms with Crippen molar-refractivity contribution in [3.05, 3.63) is 0 Å². The number of rotatable bonds is 5. The Hall–Kier alpha value is -0.670. The zero-order valence-electron chi connectivity index (χ0n) is 15.6. The average Bonchev–Trinajstić information content (AvgIpc) is 2.61. The zero-order valence-corrected chi connectivity index (χ0v) is 15.6. The molecule has 28 heavy (non-hydrogen) atoms. The van der Waals surface area contributed by atoms with E-state index in [1.165, 1.54) is 0 Å². The maximum Gasteiger partial charge on any atom is 0.526 e. The van der Waals surface area contributed by atoms with Crippen LogP contribution in [-0.4, -0.2) is 112 Å². The third-order valence-corrected chi connectivity index (χ3v) is 5.30. The van der Waals surface area contributed by atoms with Crippen molar-refractivity contribution in [1.29, 1.82) is 0 Å². The number of alkyl halides is 5. The summed E-state index contributed by atoms with van der Waals surface area (Å²) in [6.07, 6.45) is -5.20. The lowest BCUT2D eigenvalue weighted by Crippen LogP contribution is -2.89. The first-order valence-electron chi connectivity index (χ1n) is 9.19. The molecule has 2 atom stereocenters. The molecule has 3 fully saturated rings. The van der Waals surface area contributed by atoms with Crippen molar-refractivity contribution in [3.63, 3.8) is 0 Å². The van der Waals surface area contributed by atoms with Crippen LogP contribution in [0.4, 0.5) is 22.0 Å². The molecule has 0 aliphatic carbocycles. The van der Waals surface area contributed by atoms with E-state index in [1.54, 1.807) is 21.7 Å². The molecule has 0 amide bonds. The number of hydrogen-bond acceptors (Lipinski definition) is 8. The summed E-state index contributed by atoms with van der Waals surface area (Å²) < 4.78 is 81.7. The van der Waals surface area contributed by atoms with Crippen molar-refractivity contribution < 1.29 is 36.2 Å². The van der Waals surface area contributed by atoms with Crippen LogP contribution in [-0.2, 0) is 14.2 Å². The molecule has 3 aliphatic heterocycles. The van der Waals surface area contributed by atoms with E-state index in [0.29, 0.717) is 32.7 Å². The van der Waals surface area contributed by atoms with E-state index >= 15 is 0 Å².